The van der Waals surface area contributed by atoms with Gasteiger partial charge in [0, 0.05) is 37.1 Å². The van der Waals surface area contributed by atoms with Crippen molar-refractivity contribution in [2.24, 2.45) is 0 Å². The molecule has 0 aromatic carbocycles. The molecule has 1 aromatic heterocycles. The van der Waals surface area contributed by atoms with Gasteiger partial charge in [-0.15, -0.1) is 11.3 Å². The minimum absolute atomic E-state index is 0.119. The summed E-state index contributed by atoms with van der Waals surface area (Å²) in [6.45, 7) is 7.60. The number of rotatable bonds is 5. The van der Waals surface area contributed by atoms with Gasteiger partial charge >= 0.3 is 0 Å². The second-order valence-corrected chi connectivity index (χ2v) is 7.62. The maximum Gasteiger partial charge on any atom is 0.264 e. The zero-order valence-electron chi connectivity index (χ0n) is 13.9. The normalized spacial score (nSPS) is 19.0. The molecule has 0 atom stereocenters. The van der Waals surface area contributed by atoms with Crippen molar-refractivity contribution in [2.75, 3.05) is 32.7 Å². The SMILES string of the molecule is CCc1sc(C(=O)N2CCN(CC(=O)NC3CC3)CC2)cc1C. The Morgan fingerprint density at radius 3 is 2.52 bits per heavy atom. The molecular weight excluding hydrogens is 310 g/mol. The summed E-state index contributed by atoms with van der Waals surface area (Å²) in [6, 6.07) is 2.43. The number of carbonyl (C=O) groups is 2. The number of nitrogens with one attached hydrogen (secondary N) is 1. The zero-order valence-corrected chi connectivity index (χ0v) is 14.7. The molecule has 1 aliphatic carbocycles. The van der Waals surface area contributed by atoms with E-state index in [1.165, 1.54) is 10.4 Å². The van der Waals surface area contributed by atoms with Crippen LogP contribution in [0.2, 0.25) is 0 Å². The lowest BCUT2D eigenvalue weighted by Crippen LogP contribution is -2.51. The summed E-state index contributed by atoms with van der Waals surface area (Å²) in [4.78, 5) is 30.6. The Balaban J connectivity index is 1.49. The van der Waals surface area contributed by atoms with Gasteiger partial charge in [-0.05, 0) is 37.8 Å². The molecule has 2 aliphatic rings. The van der Waals surface area contributed by atoms with Crippen LogP contribution in [0, 0.1) is 6.92 Å². The van der Waals surface area contributed by atoms with E-state index in [4.69, 9.17) is 0 Å². The molecule has 1 saturated heterocycles. The van der Waals surface area contributed by atoms with Gasteiger partial charge in [-0.25, -0.2) is 0 Å². The average Bonchev–Trinajstić information content (AvgIpc) is 3.26. The number of piperazine rings is 1. The van der Waals surface area contributed by atoms with Crippen molar-refractivity contribution in [3.05, 3.63) is 21.4 Å². The van der Waals surface area contributed by atoms with Crippen LogP contribution in [0.15, 0.2) is 6.07 Å². The predicted molar refractivity (Wildman–Crippen MR) is 91.9 cm³/mol. The smallest absolute Gasteiger partial charge is 0.264 e. The Morgan fingerprint density at radius 1 is 1.26 bits per heavy atom. The molecule has 2 fully saturated rings. The van der Waals surface area contributed by atoms with Crippen molar-refractivity contribution in [3.8, 4) is 0 Å². The number of aryl methyl sites for hydroxylation is 2. The Hall–Kier alpha value is -1.40. The largest absolute Gasteiger partial charge is 0.352 e. The standard InChI is InChI=1S/C17H25N3O2S/c1-3-14-12(2)10-15(23-14)17(22)20-8-6-19(7-9-20)11-16(21)18-13-4-5-13/h10,13H,3-9,11H2,1-2H3,(H,18,21). The molecule has 1 aromatic rings. The molecule has 0 unspecified atom stereocenters. The zero-order chi connectivity index (χ0) is 16.4. The maximum atomic E-state index is 12.6. The van der Waals surface area contributed by atoms with Crippen LogP contribution in [0.1, 0.15) is 39.9 Å². The summed E-state index contributed by atoms with van der Waals surface area (Å²) in [6.07, 6.45) is 3.22. The van der Waals surface area contributed by atoms with Crippen LogP contribution in [0.4, 0.5) is 0 Å². The minimum Gasteiger partial charge on any atom is -0.352 e. The fraction of sp³-hybridized carbons (Fsp3) is 0.647. The Kier molecular flexibility index (Phi) is 5.02. The third-order valence-electron chi connectivity index (χ3n) is 4.52. The van der Waals surface area contributed by atoms with Crippen LogP contribution in [-0.4, -0.2) is 60.4 Å². The first-order chi connectivity index (χ1) is 11.1. The molecule has 0 spiro atoms. The van der Waals surface area contributed by atoms with Crippen LogP contribution in [-0.2, 0) is 11.2 Å². The molecule has 3 rings (SSSR count). The lowest BCUT2D eigenvalue weighted by Gasteiger charge is -2.34. The summed E-state index contributed by atoms with van der Waals surface area (Å²) >= 11 is 1.62. The van der Waals surface area contributed by atoms with E-state index in [-0.39, 0.29) is 11.8 Å². The molecule has 5 nitrogen and oxygen atoms in total. The van der Waals surface area contributed by atoms with Gasteiger partial charge in [-0.2, -0.15) is 0 Å². The molecule has 0 radical (unpaired) electrons. The molecule has 23 heavy (non-hydrogen) atoms. The molecule has 6 heteroatoms. The van der Waals surface area contributed by atoms with E-state index < -0.39 is 0 Å². The first-order valence-electron chi connectivity index (χ1n) is 8.47. The van der Waals surface area contributed by atoms with E-state index in [9.17, 15) is 9.59 Å². The van der Waals surface area contributed by atoms with E-state index in [0.717, 1.165) is 37.2 Å². The second-order valence-electron chi connectivity index (χ2n) is 6.48. The van der Waals surface area contributed by atoms with Crippen molar-refractivity contribution < 1.29 is 9.59 Å². The highest BCUT2D eigenvalue weighted by Crippen LogP contribution is 2.24. The van der Waals surface area contributed by atoms with Crippen LogP contribution in [0.25, 0.3) is 0 Å². The first-order valence-corrected chi connectivity index (χ1v) is 9.28. The molecule has 0 bridgehead atoms. The van der Waals surface area contributed by atoms with E-state index in [0.29, 0.717) is 25.7 Å². The lowest BCUT2D eigenvalue weighted by atomic mass is 10.2. The molecule has 126 valence electrons. The topological polar surface area (TPSA) is 52.7 Å². The number of thiophene rings is 1. The second kappa shape index (κ2) is 7.01. The Labute approximate surface area is 141 Å². The van der Waals surface area contributed by atoms with Gasteiger partial charge in [0.2, 0.25) is 5.91 Å². The first kappa shape index (κ1) is 16.5. The average molecular weight is 335 g/mol. The van der Waals surface area contributed by atoms with E-state index >= 15 is 0 Å². The minimum atomic E-state index is 0.119. The van der Waals surface area contributed by atoms with Crippen molar-refractivity contribution in [2.45, 2.75) is 39.2 Å². The monoisotopic (exact) mass is 335 g/mol. The highest BCUT2D eigenvalue weighted by molar-refractivity contribution is 7.14. The third kappa shape index (κ3) is 4.12. The highest BCUT2D eigenvalue weighted by Gasteiger charge is 2.27. The van der Waals surface area contributed by atoms with Gasteiger partial charge in [-0.1, -0.05) is 6.92 Å². The molecule has 1 N–H and O–H groups in total. The molecule has 1 aliphatic heterocycles. The molecule has 2 amide bonds. The fourth-order valence-electron chi connectivity index (χ4n) is 2.95. The van der Waals surface area contributed by atoms with Gasteiger partial charge in [0.25, 0.3) is 5.91 Å². The maximum absolute atomic E-state index is 12.6. The number of amides is 2. The number of hydrogen-bond donors (Lipinski definition) is 1. The summed E-state index contributed by atoms with van der Waals surface area (Å²) in [5.74, 6) is 0.258. The number of nitrogens with zero attached hydrogens (tertiary/aromatic N) is 2. The van der Waals surface area contributed by atoms with Gasteiger partial charge in [0.1, 0.15) is 0 Å². The van der Waals surface area contributed by atoms with Gasteiger partial charge < -0.3 is 10.2 Å². The summed E-state index contributed by atoms with van der Waals surface area (Å²) in [5.41, 5.74) is 1.22. The Bertz CT molecular complexity index is 587. The number of carbonyl (C=O) groups excluding carboxylic acids is 2. The quantitative estimate of drug-likeness (QED) is 0.890. The van der Waals surface area contributed by atoms with Crippen LogP contribution in [0.5, 0.6) is 0 Å². The molecular formula is C17H25N3O2S. The van der Waals surface area contributed by atoms with Crippen LogP contribution in [0.3, 0.4) is 0 Å². The van der Waals surface area contributed by atoms with Crippen LogP contribution < -0.4 is 5.32 Å². The van der Waals surface area contributed by atoms with Crippen molar-refractivity contribution in [1.82, 2.24) is 15.1 Å². The highest BCUT2D eigenvalue weighted by atomic mass is 32.1. The van der Waals surface area contributed by atoms with Gasteiger partial charge in [0.05, 0.1) is 11.4 Å². The predicted octanol–water partition coefficient (Wildman–Crippen LogP) is 1.66. The van der Waals surface area contributed by atoms with Crippen molar-refractivity contribution in [1.29, 1.82) is 0 Å². The van der Waals surface area contributed by atoms with E-state index in [1.807, 2.05) is 11.0 Å². The lowest BCUT2D eigenvalue weighted by molar-refractivity contribution is -0.122. The Morgan fingerprint density at radius 2 is 1.96 bits per heavy atom. The molecule has 1 saturated carbocycles. The third-order valence-corrected chi connectivity index (χ3v) is 5.89. The fourth-order valence-corrected chi connectivity index (χ4v) is 4.03. The van der Waals surface area contributed by atoms with Crippen molar-refractivity contribution in [3.63, 3.8) is 0 Å². The van der Waals surface area contributed by atoms with E-state index in [1.54, 1.807) is 11.3 Å². The van der Waals surface area contributed by atoms with E-state index in [2.05, 4.69) is 24.1 Å². The summed E-state index contributed by atoms with van der Waals surface area (Å²) in [5, 5.41) is 3.02. The van der Waals surface area contributed by atoms with Gasteiger partial charge in [0.15, 0.2) is 0 Å². The summed E-state index contributed by atoms with van der Waals surface area (Å²) < 4.78 is 0. The van der Waals surface area contributed by atoms with Gasteiger partial charge in [-0.3, -0.25) is 14.5 Å². The number of hydrogen-bond acceptors (Lipinski definition) is 4. The van der Waals surface area contributed by atoms with Crippen molar-refractivity contribution >= 4 is 23.2 Å². The summed E-state index contributed by atoms with van der Waals surface area (Å²) in [7, 11) is 0. The van der Waals surface area contributed by atoms with Crippen LogP contribution >= 0.6 is 11.3 Å². The molecule has 2 heterocycles.